The smallest absolute Gasteiger partial charge is 0.133 e. The van der Waals surface area contributed by atoms with E-state index in [1.807, 2.05) is 6.07 Å². The molecule has 0 amide bonds. The summed E-state index contributed by atoms with van der Waals surface area (Å²) in [6.45, 7) is 0. The Kier molecular flexibility index (Phi) is 1.96. The molecule has 2 heterocycles. The van der Waals surface area contributed by atoms with Crippen molar-refractivity contribution in [3.05, 3.63) is 30.8 Å². The summed E-state index contributed by atoms with van der Waals surface area (Å²) in [6.07, 6.45) is 4.84. The number of hydrogen-bond donors (Lipinski definition) is 0. The molecular formula is C9H8N2O2. The molecule has 2 rings (SSSR count). The zero-order valence-electron chi connectivity index (χ0n) is 7.10. The highest BCUT2D eigenvalue weighted by Crippen LogP contribution is 2.19. The number of rotatable bonds is 2. The van der Waals surface area contributed by atoms with Gasteiger partial charge in [-0.1, -0.05) is 5.16 Å². The Labute approximate surface area is 75.2 Å². The van der Waals surface area contributed by atoms with Crippen molar-refractivity contribution in [2.75, 3.05) is 7.11 Å². The van der Waals surface area contributed by atoms with E-state index in [0.717, 1.165) is 17.0 Å². The molecule has 0 bridgehead atoms. The number of methoxy groups -OCH3 is 1. The van der Waals surface area contributed by atoms with Gasteiger partial charge in [-0.05, 0) is 6.07 Å². The first-order valence-corrected chi connectivity index (χ1v) is 3.80. The van der Waals surface area contributed by atoms with Gasteiger partial charge < -0.3 is 9.26 Å². The Morgan fingerprint density at radius 3 is 3.08 bits per heavy atom. The van der Waals surface area contributed by atoms with Crippen molar-refractivity contribution < 1.29 is 9.26 Å². The molecule has 2 aromatic rings. The van der Waals surface area contributed by atoms with Gasteiger partial charge in [0, 0.05) is 12.3 Å². The molecule has 0 N–H and O–H groups in total. The molecule has 2 aromatic heterocycles. The Morgan fingerprint density at radius 2 is 2.38 bits per heavy atom. The lowest BCUT2D eigenvalue weighted by molar-refractivity contribution is 0.414. The lowest BCUT2D eigenvalue weighted by atomic mass is 10.2. The average Bonchev–Trinajstić information content (AvgIpc) is 2.71. The molecule has 0 saturated heterocycles. The first-order valence-electron chi connectivity index (χ1n) is 3.80. The van der Waals surface area contributed by atoms with E-state index in [2.05, 4.69) is 10.1 Å². The van der Waals surface area contributed by atoms with Crippen LogP contribution in [0.5, 0.6) is 5.75 Å². The maximum Gasteiger partial charge on any atom is 0.133 e. The monoisotopic (exact) mass is 176 g/mol. The summed E-state index contributed by atoms with van der Waals surface area (Å²) in [6, 6.07) is 3.61. The Morgan fingerprint density at radius 1 is 1.46 bits per heavy atom. The molecule has 13 heavy (non-hydrogen) atoms. The van der Waals surface area contributed by atoms with Gasteiger partial charge in [0.25, 0.3) is 0 Å². The molecule has 4 heteroatoms. The highest BCUT2D eigenvalue weighted by molar-refractivity contribution is 5.57. The van der Waals surface area contributed by atoms with Gasteiger partial charge in [0.05, 0.1) is 24.6 Å². The van der Waals surface area contributed by atoms with Crippen LogP contribution >= 0.6 is 0 Å². The fourth-order valence-electron chi connectivity index (χ4n) is 1.03. The number of nitrogens with zero attached hydrogens (tertiary/aromatic N) is 2. The van der Waals surface area contributed by atoms with Gasteiger partial charge in [0.1, 0.15) is 12.0 Å². The zero-order valence-corrected chi connectivity index (χ0v) is 7.10. The van der Waals surface area contributed by atoms with Gasteiger partial charge in [0.2, 0.25) is 0 Å². The van der Waals surface area contributed by atoms with E-state index in [9.17, 15) is 0 Å². The molecule has 66 valence electrons. The quantitative estimate of drug-likeness (QED) is 0.699. The Hall–Kier alpha value is -1.84. The number of aromatic nitrogens is 2. The topological polar surface area (TPSA) is 48.2 Å². The van der Waals surface area contributed by atoms with E-state index in [1.165, 1.54) is 0 Å². The summed E-state index contributed by atoms with van der Waals surface area (Å²) in [7, 11) is 1.62. The minimum atomic E-state index is 0.770. The van der Waals surface area contributed by atoms with Gasteiger partial charge in [0.15, 0.2) is 0 Å². The molecule has 0 spiro atoms. The second-order valence-electron chi connectivity index (χ2n) is 2.49. The zero-order chi connectivity index (χ0) is 9.10. The highest BCUT2D eigenvalue weighted by Gasteiger charge is 2.02. The molecule has 0 unspecified atom stereocenters. The second-order valence-corrected chi connectivity index (χ2v) is 2.49. The van der Waals surface area contributed by atoms with E-state index in [-0.39, 0.29) is 0 Å². The van der Waals surface area contributed by atoms with Gasteiger partial charge in [-0.2, -0.15) is 0 Å². The molecule has 0 aliphatic carbocycles. The minimum Gasteiger partial charge on any atom is -0.497 e. The van der Waals surface area contributed by atoms with Crippen LogP contribution in [0.3, 0.4) is 0 Å². The number of pyridine rings is 1. The standard InChI is InChI=1S/C9H8N2O2/c1-12-8-2-3-10-9(4-8)7-5-11-13-6-7/h2-6H,1H3. The van der Waals surface area contributed by atoms with E-state index in [0.29, 0.717) is 0 Å². The largest absolute Gasteiger partial charge is 0.497 e. The summed E-state index contributed by atoms with van der Waals surface area (Å²) in [5.74, 6) is 0.770. The van der Waals surface area contributed by atoms with Crippen LogP contribution in [0.25, 0.3) is 11.3 Å². The summed E-state index contributed by atoms with van der Waals surface area (Å²) in [5.41, 5.74) is 1.64. The van der Waals surface area contributed by atoms with Gasteiger partial charge >= 0.3 is 0 Å². The molecule has 0 radical (unpaired) electrons. The Bertz CT molecular complexity index is 384. The van der Waals surface area contributed by atoms with Crippen LogP contribution in [0.4, 0.5) is 0 Å². The molecule has 0 fully saturated rings. The van der Waals surface area contributed by atoms with Crippen LogP contribution in [-0.4, -0.2) is 17.3 Å². The third-order valence-electron chi connectivity index (χ3n) is 1.70. The third-order valence-corrected chi connectivity index (χ3v) is 1.70. The summed E-state index contributed by atoms with van der Waals surface area (Å²) in [4.78, 5) is 4.15. The predicted molar refractivity (Wildman–Crippen MR) is 46.3 cm³/mol. The van der Waals surface area contributed by atoms with Crippen molar-refractivity contribution in [3.63, 3.8) is 0 Å². The van der Waals surface area contributed by atoms with E-state index < -0.39 is 0 Å². The van der Waals surface area contributed by atoms with E-state index in [1.54, 1.807) is 31.8 Å². The van der Waals surface area contributed by atoms with Crippen LogP contribution in [0.15, 0.2) is 35.3 Å². The molecule has 0 saturated carbocycles. The first-order chi connectivity index (χ1) is 6.40. The fourth-order valence-corrected chi connectivity index (χ4v) is 1.03. The van der Waals surface area contributed by atoms with Crippen LogP contribution in [0.1, 0.15) is 0 Å². The van der Waals surface area contributed by atoms with Crippen molar-refractivity contribution in [2.24, 2.45) is 0 Å². The van der Waals surface area contributed by atoms with Crippen molar-refractivity contribution in [3.8, 4) is 17.0 Å². The third kappa shape index (κ3) is 1.51. The Balaban J connectivity index is 2.41. The van der Waals surface area contributed by atoms with Gasteiger partial charge in [-0.25, -0.2) is 0 Å². The lowest BCUT2D eigenvalue weighted by Gasteiger charge is -1.99. The molecule has 0 aliphatic rings. The molecular weight excluding hydrogens is 168 g/mol. The summed E-state index contributed by atoms with van der Waals surface area (Å²) >= 11 is 0. The van der Waals surface area contributed by atoms with Crippen LogP contribution < -0.4 is 4.74 Å². The highest BCUT2D eigenvalue weighted by atomic mass is 16.5. The second kappa shape index (κ2) is 3.26. The SMILES string of the molecule is COc1ccnc(-c2cnoc2)c1. The van der Waals surface area contributed by atoms with Crippen molar-refractivity contribution in [2.45, 2.75) is 0 Å². The van der Waals surface area contributed by atoms with Crippen LogP contribution in [0.2, 0.25) is 0 Å². The first kappa shape index (κ1) is 7.79. The van der Waals surface area contributed by atoms with Crippen molar-refractivity contribution in [1.29, 1.82) is 0 Å². The van der Waals surface area contributed by atoms with E-state index >= 15 is 0 Å². The van der Waals surface area contributed by atoms with Crippen LogP contribution in [0, 0.1) is 0 Å². The molecule has 4 nitrogen and oxygen atoms in total. The van der Waals surface area contributed by atoms with Crippen molar-refractivity contribution in [1.82, 2.24) is 10.1 Å². The molecule has 0 aliphatic heterocycles. The predicted octanol–water partition coefficient (Wildman–Crippen LogP) is 1.75. The van der Waals surface area contributed by atoms with Crippen molar-refractivity contribution >= 4 is 0 Å². The minimum absolute atomic E-state index is 0.770. The summed E-state index contributed by atoms with van der Waals surface area (Å²) in [5, 5.41) is 3.60. The molecule has 0 aromatic carbocycles. The van der Waals surface area contributed by atoms with Gasteiger partial charge in [-0.3, -0.25) is 4.98 Å². The maximum atomic E-state index is 5.06. The normalized spacial score (nSPS) is 9.92. The van der Waals surface area contributed by atoms with Gasteiger partial charge in [-0.15, -0.1) is 0 Å². The maximum absolute atomic E-state index is 5.06. The van der Waals surface area contributed by atoms with E-state index in [4.69, 9.17) is 9.26 Å². The number of ether oxygens (including phenoxy) is 1. The van der Waals surface area contributed by atoms with Crippen LogP contribution in [-0.2, 0) is 0 Å². The molecule has 0 atom stereocenters. The lowest BCUT2D eigenvalue weighted by Crippen LogP contribution is -1.85. The number of hydrogen-bond acceptors (Lipinski definition) is 4. The summed E-state index contributed by atoms with van der Waals surface area (Å²) < 4.78 is 9.77. The fraction of sp³-hybridized carbons (Fsp3) is 0.111. The average molecular weight is 176 g/mol.